The molecule has 0 N–H and O–H groups in total. The fourth-order valence-electron chi connectivity index (χ4n) is 1.27. The van der Waals surface area contributed by atoms with Crippen LogP contribution < -0.4 is 0 Å². The minimum atomic E-state index is -0.323. The molecule has 0 unspecified atom stereocenters. The van der Waals surface area contributed by atoms with Crippen molar-refractivity contribution in [1.29, 1.82) is 0 Å². The number of benzene rings is 1. The summed E-state index contributed by atoms with van der Waals surface area (Å²) in [5, 5.41) is 11.5. The summed E-state index contributed by atoms with van der Waals surface area (Å²) in [4.78, 5) is 0. The highest BCUT2D eigenvalue weighted by Gasteiger charge is 2.17. The van der Waals surface area contributed by atoms with E-state index in [4.69, 9.17) is 0 Å². The largest absolute Gasteiger partial charge is 0.624 e. The van der Waals surface area contributed by atoms with Crippen LogP contribution in [0, 0.1) is 5.21 Å². The van der Waals surface area contributed by atoms with Gasteiger partial charge in [-0.15, -0.1) is 0 Å². The molecule has 1 aromatic rings. The Morgan fingerprint density at radius 2 is 1.80 bits per heavy atom. The molecule has 0 aliphatic carbocycles. The van der Waals surface area contributed by atoms with Crippen molar-refractivity contribution in [3.05, 3.63) is 41.1 Å². The fraction of sp³-hybridized carbons (Fsp3) is 0.462. The molecule has 0 saturated heterocycles. The molecule has 15 heavy (non-hydrogen) atoms. The monoisotopic (exact) mass is 205 g/mol. The van der Waals surface area contributed by atoms with Gasteiger partial charge in [0.25, 0.3) is 0 Å². The lowest BCUT2D eigenvalue weighted by Crippen LogP contribution is -2.29. The molecule has 0 atom stereocenters. The first-order valence-electron chi connectivity index (χ1n) is 5.34. The summed E-state index contributed by atoms with van der Waals surface area (Å²) in [6.45, 7) is 5.75. The first kappa shape index (κ1) is 11.8. The molecule has 1 aromatic carbocycles. The van der Waals surface area contributed by atoms with Gasteiger partial charge < -0.3 is 5.21 Å². The Balaban J connectivity index is 2.46. The molecule has 0 aromatic heterocycles. The van der Waals surface area contributed by atoms with Gasteiger partial charge in [0.1, 0.15) is 0 Å². The highest BCUT2D eigenvalue weighted by molar-refractivity contribution is 5.52. The van der Waals surface area contributed by atoms with Gasteiger partial charge in [0.15, 0.2) is 11.8 Å². The van der Waals surface area contributed by atoms with Gasteiger partial charge >= 0.3 is 0 Å². The second-order valence-corrected chi connectivity index (χ2v) is 4.70. The number of hydrogen-bond acceptors (Lipinski definition) is 1. The van der Waals surface area contributed by atoms with Crippen LogP contribution in [0.1, 0.15) is 32.8 Å². The van der Waals surface area contributed by atoms with E-state index in [0.717, 1.165) is 17.6 Å². The molecule has 0 spiro atoms. The van der Waals surface area contributed by atoms with Gasteiger partial charge in [-0.25, -0.2) is 4.74 Å². The number of aryl methyl sites for hydroxylation is 1. The molecule has 0 bridgehead atoms. The molecular weight excluding hydrogens is 186 g/mol. The van der Waals surface area contributed by atoms with Crippen molar-refractivity contribution in [3.63, 3.8) is 0 Å². The maximum absolute atomic E-state index is 11.5. The Labute approximate surface area is 91.8 Å². The molecule has 0 fully saturated rings. The van der Waals surface area contributed by atoms with E-state index in [-0.39, 0.29) is 5.54 Å². The van der Waals surface area contributed by atoms with Crippen LogP contribution in [0.4, 0.5) is 0 Å². The Kier molecular flexibility index (Phi) is 3.89. The topological polar surface area (TPSA) is 26.1 Å². The van der Waals surface area contributed by atoms with Gasteiger partial charge in [0.05, 0.1) is 0 Å². The Morgan fingerprint density at radius 3 is 2.33 bits per heavy atom. The van der Waals surface area contributed by atoms with E-state index in [0.29, 0.717) is 0 Å². The smallest absolute Gasteiger partial charge is 0.164 e. The molecule has 0 saturated carbocycles. The van der Waals surface area contributed by atoms with Crippen molar-refractivity contribution in [1.82, 2.24) is 0 Å². The lowest BCUT2D eigenvalue weighted by Gasteiger charge is -2.18. The van der Waals surface area contributed by atoms with E-state index in [2.05, 4.69) is 12.1 Å². The van der Waals surface area contributed by atoms with Gasteiger partial charge in [0, 0.05) is 27.2 Å². The van der Waals surface area contributed by atoms with Crippen LogP contribution in [0.3, 0.4) is 0 Å². The number of rotatable bonds is 3. The van der Waals surface area contributed by atoms with E-state index >= 15 is 0 Å². The van der Waals surface area contributed by atoms with Crippen molar-refractivity contribution in [2.45, 2.75) is 39.2 Å². The third-order valence-electron chi connectivity index (χ3n) is 2.23. The predicted molar refractivity (Wildman–Crippen MR) is 64.2 cm³/mol. The molecule has 0 heterocycles. The lowest BCUT2D eigenvalue weighted by molar-refractivity contribution is -0.532. The van der Waals surface area contributed by atoms with Crippen LogP contribution in [0.5, 0.6) is 0 Å². The van der Waals surface area contributed by atoms with Gasteiger partial charge in [-0.05, 0) is 12.0 Å². The van der Waals surface area contributed by atoms with Crippen LogP contribution in [0.15, 0.2) is 30.3 Å². The second-order valence-electron chi connectivity index (χ2n) is 4.70. The SMILES string of the molecule is CC(C)(C)[N+]([O-])=CCCc1ccccc1. The summed E-state index contributed by atoms with van der Waals surface area (Å²) in [6, 6.07) is 10.2. The highest BCUT2D eigenvalue weighted by Crippen LogP contribution is 2.06. The van der Waals surface area contributed by atoms with E-state index in [1.807, 2.05) is 39.0 Å². The number of nitrogens with zero attached hydrogens (tertiary/aromatic N) is 1. The zero-order chi connectivity index (χ0) is 11.3. The summed E-state index contributed by atoms with van der Waals surface area (Å²) < 4.78 is 1.04. The summed E-state index contributed by atoms with van der Waals surface area (Å²) in [5.74, 6) is 0. The third-order valence-corrected chi connectivity index (χ3v) is 2.23. The van der Waals surface area contributed by atoms with E-state index < -0.39 is 0 Å². The van der Waals surface area contributed by atoms with E-state index in [1.54, 1.807) is 6.21 Å². The van der Waals surface area contributed by atoms with Crippen molar-refractivity contribution in [2.24, 2.45) is 0 Å². The number of hydroxylamine groups is 1. The van der Waals surface area contributed by atoms with Crippen molar-refractivity contribution in [3.8, 4) is 0 Å². The van der Waals surface area contributed by atoms with Crippen molar-refractivity contribution < 1.29 is 4.74 Å². The zero-order valence-electron chi connectivity index (χ0n) is 9.73. The van der Waals surface area contributed by atoms with Gasteiger partial charge in [-0.1, -0.05) is 30.3 Å². The Morgan fingerprint density at radius 1 is 1.20 bits per heavy atom. The number of hydrogen-bond donors (Lipinski definition) is 0. The van der Waals surface area contributed by atoms with E-state index in [9.17, 15) is 5.21 Å². The van der Waals surface area contributed by atoms with Crippen LogP contribution in [0.2, 0.25) is 0 Å². The maximum atomic E-state index is 11.5. The zero-order valence-corrected chi connectivity index (χ0v) is 9.73. The first-order valence-corrected chi connectivity index (χ1v) is 5.34. The molecule has 2 nitrogen and oxygen atoms in total. The normalized spacial score (nSPS) is 12.9. The fourth-order valence-corrected chi connectivity index (χ4v) is 1.27. The maximum Gasteiger partial charge on any atom is 0.164 e. The average Bonchev–Trinajstić information content (AvgIpc) is 2.18. The molecule has 0 radical (unpaired) electrons. The molecule has 1 rings (SSSR count). The summed E-state index contributed by atoms with van der Waals surface area (Å²) >= 11 is 0. The van der Waals surface area contributed by atoms with Gasteiger partial charge in [-0.2, -0.15) is 0 Å². The summed E-state index contributed by atoms with van der Waals surface area (Å²) in [5.41, 5.74) is 0.951. The molecule has 2 heteroatoms. The minimum absolute atomic E-state index is 0.323. The van der Waals surface area contributed by atoms with Crippen LogP contribution in [0.25, 0.3) is 0 Å². The second kappa shape index (κ2) is 4.96. The molecule has 0 aliphatic heterocycles. The first-order chi connectivity index (χ1) is 7.00. The van der Waals surface area contributed by atoms with Crippen LogP contribution >= 0.6 is 0 Å². The summed E-state index contributed by atoms with van der Waals surface area (Å²) in [6.07, 6.45) is 3.45. The highest BCUT2D eigenvalue weighted by atomic mass is 16.5. The Hall–Kier alpha value is -1.31. The minimum Gasteiger partial charge on any atom is -0.624 e. The van der Waals surface area contributed by atoms with Gasteiger partial charge in [-0.3, -0.25) is 0 Å². The standard InChI is InChI=1S/C13H19NO/c1-13(2,3)14(15)11-7-10-12-8-5-4-6-9-12/h4-6,8-9,11H,7,10H2,1-3H3. The quantitative estimate of drug-likeness (QED) is 0.322. The van der Waals surface area contributed by atoms with Gasteiger partial charge in [0.2, 0.25) is 0 Å². The van der Waals surface area contributed by atoms with Crippen molar-refractivity contribution >= 4 is 6.21 Å². The summed E-state index contributed by atoms with van der Waals surface area (Å²) in [7, 11) is 0. The van der Waals surface area contributed by atoms with E-state index in [1.165, 1.54) is 5.56 Å². The molecule has 0 aliphatic rings. The average molecular weight is 205 g/mol. The third kappa shape index (κ3) is 4.15. The van der Waals surface area contributed by atoms with Crippen LogP contribution in [-0.4, -0.2) is 16.5 Å². The molecular formula is C13H19NO. The lowest BCUT2D eigenvalue weighted by atomic mass is 10.1. The molecule has 0 amide bonds. The van der Waals surface area contributed by atoms with Crippen LogP contribution in [-0.2, 0) is 6.42 Å². The van der Waals surface area contributed by atoms with Crippen molar-refractivity contribution in [2.75, 3.05) is 0 Å². The molecule has 82 valence electrons. The predicted octanol–water partition coefficient (Wildman–Crippen LogP) is 3.00. The Bertz CT molecular complexity index is 322.